The highest BCUT2D eigenvalue weighted by atomic mass is 32.1. The van der Waals surface area contributed by atoms with Gasteiger partial charge >= 0.3 is 0 Å². The molecule has 0 bridgehead atoms. The Hall–Kier alpha value is -1.73. The zero-order valence-corrected chi connectivity index (χ0v) is 15.1. The summed E-state index contributed by atoms with van der Waals surface area (Å²) in [5, 5.41) is 12.0. The minimum atomic E-state index is 0.180. The first-order valence-electron chi connectivity index (χ1n) is 8.58. The summed E-state index contributed by atoms with van der Waals surface area (Å²) in [5.74, 6) is 1.24. The van der Waals surface area contributed by atoms with Crippen LogP contribution in [0.5, 0.6) is 0 Å². The number of hydrogen-bond acceptors (Lipinski definition) is 6. The molecule has 7 heteroatoms. The molecular weight excluding hydrogens is 324 g/mol. The number of carbonyl (C=O) groups excluding carboxylic acids is 1. The lowest BCUT2D eigenvalue weighted by Gasteiger charge is -2.26. The number of amides is 1. The molecule has 1 amide bonds. The first-order valence-corrected chi connectivity index (χ1v) is 9.52. The van der Waals surface area contributed by atoms with Crippen LogP contribution in [-0.4, -0.2) is 58.1 Å². The van der Waals surface area contributed by atoms with Crippen molar-refractivity contribution in [2.75, 3.05) is 26.2 Å². The van der Waals surface area contributed by atoms with Crippen molar-refractivity contribution >= 4 is 17.2 Å². The van der Waals surface area contributed by atoms with E-state index in [-0.39, 0.29) is 5.91 Å². The average molecular weight is 348 g/mol. The second-order valence-corrected chi connectivity index (χ2v) is 6.80. The highest BCUT2D eigenvalue weighted by Gasteiger charge is 2.29. The highest BCUT2D eigenvalue weighted by Crippen LogP contribution is 2.21. The lowest BCUT2D eigenvalue weighted by atomic mass is 10.2. The molecule has 2 aromatic heterocycles. The van der Waals surface area contributed by atoms with E-state index in [1.165, 1.54) is 0 Å². The fraction of sp³-hybridized carbons (Fsp3) is 0.588. The van der Waals surface area contributed by atoms with Crippen LogP contribution in [0, 0.1) is 0 Å². The number of nitrogens with zero attached hydrogens (tertiary/aromatic N) is 4. The normalized spacial score (nSPS) is 17.8. The predicted molar refractivity (Wildman–Crippen MR) is 93.8 cm³/mol. The van der Waals surface area contributed by atoms with Crippen LogP contribution in [0.4, 0.5) is 0 Å². The highest BCUT2D eigenvalue weighted by molar-refractivity contribution is 7.08. The molecule has 0 radical (unpaired) electrons. The number of thiophene rings is 1. The summed E-state index contributed by atoms with van der Waals surface area (Å²) < 4.78 is 5.64. The average Bonchev–Trinajstić information content (AvgIpc) is 3.33. The fourth-order valence-electron chi connectivity index (χ4n) is 3.24. The monoisotopic (exact) mass is 348 g/mol. The Morgan fingerprint density at radius 3 is 2.96 bits per heavy atom. The van der Waals surface area contributed by atoms with E-state index in [0.717, 1.165) is 38.2 Å². The summed E-state index contributed by atoms with van der Waals surface area (Å²) in [6.45, 7) is 8.12. The van der Waals surface area contributed by atoms with Gasteiger partial charge in [0.2, 0.25) is 17.7 Å². The number of hydrogen-bond donors (Lipinski definition) is 0. The zero-order valence-electron chi connectivity index (χ0n) is 14.3. The third-order valence-corrected chi connectivity index (χ3v) is 5.32. The van der Waals surface area contributed by atoms with Crippen LogP contribution in [0.25, 0.3) is 11.5 Å². The molecule has 3 rings (SSSR count). The predicted octanol–water partition coefficient (Wildman–Crippen LogP) is 2.67. The van der Waals surface area contributed by atoms with Gasteiger partial charge in [-0.2, -0.15) is 11.3 Å². The molecule has 0 aliphatic carbocycles. The molecule has 0 saturated carbocycles. The summed E-state index contributed by atoms with van der Waals surface area (Å²) in [6.07, 6.45) is 1.99. The molecule has 2 aromatic rings. The van der Waals surface area contributed by atoms with E-state index in [0.29, 0.717) is 30.7 Å². The molecular formula is C17H24N4O2S. The molecule has 1 aliphatic heterocycles. The van der Waals surface area contributed by atoms with Crippen LogP contribution in [0.15, 0.2) is 21.2 Å². The van der Waals surface area contributed by atoms with Crippen LogP contribution >= 0.6 is 11.3 Å². The van der Waals surface area contributed by atoms with Crippen LogP contribution < -0.4 is 0 Å². The van der Waals surface area contributed by atoms with Crippen molar-refractivity contribution in [3.05, 3.63) is 22.7 Å². The lowest BCUT2D eigenvalue weighted by Crippen LogP contribution is -2.38. The molecule has 0 N–H and O–H groups in total. The Balaban J connectivity index is 1.49. The van der Waals surface area contributed by atoms with Gasteiger partial charge in [0.25, 0.3) is 0 Å². The molecule has 0 spiro atoms. The van der Waals surface area contributed by atoms with E-state index < -0.39 is 0 Å². The molecule has 1 atom stereocenters. The summed E-state index contributed by atoms with van der Waals surface area (Å²) in [6, 6.07) is 2.45. The Morgan fingerprint density at radius 1 is 1.42 bits per heavy atom. The number of carbonyl (C=O) groups is 1. The van der Waals surface area contributed by atoms with Crippen LogP contribution in [0.3, 0.4) is 0 Å². The number of likely N-dealkylation sites (N-methyl/N-ethyl adjacent to an activating group) is 1. The van der Waals surface area contributed by atoms with Crippen molar-refractivity contribution in [2.24, 2.45) is 0 Å². The van der Waals surface area contributed by atoms with Gasteiger partial charge in [-0.15, -0.1) is 10.2 Å². The summed E-state index contributed by atoms with van der Waals surface area (Å²) in [5.41, 5.74) is 0.937. The van der Waals surface area contributed by atoms with Gasteiger partial charge in [-0.3, -0.25) is 9.69 Å². The number of rotatable bonds is 7. The second-order valence-electron chi connectivity index (χ2n) is 6.02. The van der Waals surface area contributed by atoms with Gasteiger partial charge in [-0.1, -0.05) is 13.8 Å². The maximum Gasteiger partial charge on any atom is 0.248 e. The van der Waals surface area contributed by atoms with E-state index in [1.54, 1.807) is 11.3 Å². The van der Waals surface area contributed by atoms with Gasteiger partial charge in [0.1, 0.15) is 0 Å². The quantitative estimate of drug-likeness (QED) is 0.770. The molecule has 1 saturated heterocycles. The van der Waals surface area contributed by atoms with Crippen molar-refractivity contribution in [3.63, 3.8) is 0 Å². The Morgan fingerprint density at radius 2 is 2.25 bits per heavy atom. The molecule has 1 unspecified atom stereocenters. The number of aromatic nitrogens is 2. The number of likely N-dealkylation sites (tertiary alicyclic amines) is 1. The molecule has 24 heavy (non-hydrogen) atoms. The lowest BCUT2D eigenvalue weighted by molar-refractivity contribution is -0.130. The van der Waals surface area contributed by atoms with Crippen LogP contribution in [0.1, 0.15) is 32.6 Å². The maximum atomic E-state index is 12.4. The van der Waals surface area contributed by atoms with Crippen LogP contribution in [0.2, 0.25) is 0 Å². The van der Waals surface area contributed by atoms with Crippen LogP contribution in [-0.2, 0) is 11.2 Å². The Bertz CT molecular complexity index is 651. The third-order valence-electron chi connectivity index (χ3n) is 4.63. The largest absolute Gasteiger partial charge is 0.421 e. The SMILES string of the molecule is CCN(CC)C1CCN(C(=O)CCc2nnc(-c3ccsc3)o2)C1. The summed E-state index contributed by atoms with van der Waals surface area (Å²) in [4.78, 5) is 16.8. The van der Waals surface area contributed by atoms with E-state index in [1.807, 2.05) is 21.7 Å². The van der Waals surface area contributed by atoms with Gasteiger partial charge < -0.3 is 9.32 Å². The van der Waals surface area contributed by atoms with Gasteiger partial charge in [0, 0.05) is 42.9 Å². The van der Waals surface area contributed by atoms with E-state index >= 15 is 0 Å². The molecule has 130 valence electrons. The standard InChI is InChI=1S/C17H24N4O2S/c1-3-20(4-2)14-7-9-21(11-14)16(22)6-5-15-18-19-17(23-15)13-8-10-24-12-13/h8,10,12,14H,3-7,9,11H2,1-2H3. The topological polar surface area (TPSA) is 62.5 Å². The van der Waals surface area contributed by atoms with Gasteiger partial charge in [-0.25, -0.2) is 0 Å². The van der Waals surface area contributed by atoms with Crippen molar-refractivity contribution in [2.45, 2.75) is 39.2 Å². The molecule has 3 heterocycles. The van der Waals surface area contributed by atoms with E-state index in [4.69, 9.17) is 4.42 Å². The molecule has 6 nitrogen and oxygen atoms in total. The van der Waals surface area contributed by atoms with Gasteiger partial charge in [0.05, 0.1) is 0 Å². The van der Waals surface area contributed by atoms with Crippen molar-refractivity contribution in [3.8, 4) is 11.5 Å². The number of aryl methyl sites for hydroxylation is 1. The Kier molecular flexibility index (Phi) is 5.63. The second kappa shape index (κ2) is 7.90. The smallest absolute Gasteiger partial charge is 0.248 e. The van der Waals surface area contributed by atoms with Gasteiger partial charge in [-0.05, 0) is 31.0 Å². The third kappa shape index (κ3) is 3.84. The van der Waals surface area contributed by atoms with Crippen molar-refractivity contribution in [1.82, 2.24) is 20.0 Å². The minimum Gasteiger partial charge on any atom is -0.421 e. The molecule has 0 aromatic carbocycles. The summed E-state index contributed by atoms with van der Waals surface area (Å²) in [7, 11) is 0. The van der Waals surface area contributed by atoms with Crippen molar-refractivity contribution in [1.29, 1.82) is 0 Å². The summed E-state index contributed by atoms with van der Waals surface area (Å²) >= 11 is 1.59. The zero-order chi connectivity index (χ0) is 16.9. The van der Waals surface area contributed by atoms with E-state index in [9.17, 15) is 4.79 Å². The maximum absolute atomic E-state index is 12.4. The van der Waals surface area contributed by atoms with Crippen molar-refractivity contribution < 1.29 is 9.21 Å². The fourth-order valence-corrected chi connectivity index (χ4v) is 3.87. The molecule has 1 fully saturated rings. The molecule has 1 aliphatic rings. The van der Waals surface area contributed by atoms with E-state index in [2.05, 4.69) is 28.9 Å². The minimum absolute atomic E-state index is 0.180. The van der Waals surface area contributed by atoms with Gasteiger partial charge in [0.15, 0.2) is 0 Å². The first kappa shape index (κ1) is 17.1. The Labute approximate surface area is 146 Å². The first-order chi connectivity index (χ1) is 11.7.